The van der Waals surface area contributed by atoms with E-state index in [2.05, 4.69) is 60.1 Å². The second-order valence-corrected chi connectivity index (χ2v) is 4.87. The molecule has 0 atom stereocenters. The average molecular weight is 297 g/mol. The Labute approximate surface area is 125 Å². The minimum atomic E-state index is 0. The maximum Gasteiger partial charge on any atom is 0.240 e. The van der Waals surface area contributed by atoms with E-state index in [9.17, 15) is 0 Å². The van der Waals surface area contributed by atoms with Gasteiger partial charge in [-0.15, -0.1) is 12.4 Å². The quantitative estimate of drug-likeness (QED) is 0.919. The van der Waals surface area contributed by atoms with E-state index in [4.69, 9.17) is 10.3 Å². The van der Waals surface area contributed by atoms with E-state index in [1.165, 1.54) is 5.56 Å². The van der Waals surface area contributed by atoms with Crippen molar-refractivity contribution in [1.29, 1.82) is 0 Å². The molecule has 0 amide bonds. The summed E-state index contributed by atoms with van der Waals surface area (Å²) in [6.45, 7) is 7.27. The lowest BCUT2D eigenvalue weighted by molar-refractivity contribution is 0.374. The topological polar surface area (TPSA) is 68.2 Å². The Balaban J connectivity index is 0.00000200. The summed E-state index contributed by atoms with van der Waals surface area (Å²) in [5.41, 5.74) is 7.87. The largest absolute Gasteiger partial charge is 0.361 e. The highest BCUT2D eigenvalue weighted by Gasteiger charge is 2.15. The van der Waals surface area contributed by atoms with Gasteiger partial charge in [0.15, 0.2) is 5.82 Å². The first-order valence-corrected chi connectivity index (χ1v) is 6.45. The Hall–Kier alpha value is -1.59. The molecule has 2 aromatic rings. The maximum atomic E-state index is 5.47. The number of nitrogens with zero attached hydrogens (tertiary/aromatic N) is 3. The van der Waals surface area contributed by atoms with Gasteiger partial charge < -0.3 is 15.2 Å². The average Bonchev–Trinajstić information content (AvgIpc) is 2.83. The molecule has 0 fully saturated rings. The Morgan fingerprint density at radius 2 is 2.10 bits per heavy atom. The Kier molecular flexibility index (Phi) is 5.98. The van der Waals surface area contributed by atoms with Crippen LogP contribution in [-0.2, 0) is 13.1 Å². The predicted molar refractivity (Wildman–Crippen MR) is 81.9 cm³/mol. The van der Waals surface area contributed by atoms with Crippen LogP contribution in [0.5, 0.6) is 0 Å². The first-order valence-electron chi connectivity index (χ1n) is 6.45. The molecule has 1 aromatic carbocycles. The van der Waals surface area contributed by atoms with E-state index < -0.39 is 0 Å². The molecule has 6 heteroatoms. The van der Waals surface area contributed by atoms with Crippen LogP contribution >= 0.6 is 12.4 Å². The van der Waals surface area contributed by atoms with E-state index in [0.29, 0.717) is 24.3 Å². The lowest BCUT2D eigenvalue weighted by Gasteiger charge is -2.27. The number of hydrogen-bond acceptors (Lipinski definition) is 5. The van der Waals surface area contributed by atoms with Gasteiger partial charge in [0.05, 0.1) is 13.1 Å². The van der Waals surface area contributed by atoms with E-state index >= 15 is 0 Å². The first kappa shape index (κ1) is 16.5. The Morgan fingerprint density at radius 1 is 1.35 bits per heavy atom. The summed E-state index contributed by atoms with van der Waals surface area (Å²) >= 11 is 0. The van der Waals surface area contributed by atoms with Gasteiger partial charge in [0, 0.05) is 11.7 Å². The Morgan fingerprint density at radius 3 is 2.65 bits per heavy atom. The highest BCUT2D eigenvalue weighted by molar-refractivity contribution is 5.85. The molecule has 0 radical (unpaired) electrons. The second kappa shape index (κ2) is 7.26. The number of anilines is 1. The fraction of sp³-hybridized carbons (Fsp3) is 0.429. The minimum absolute atomic E-state index is 0. The molecule has 2 N–H and O–H groups in total. The third kappa shape index (κ3) is 3.95. The van der Waals surface area contributed by atoms with Gasteiger partial charge in [-0.05, 0) is 38.5 Å². The normalized spacial score (nSPS) is 10.4. The summed E-state index contributed by atoms with van der Waals surface area (Å²) < 4.78 is 5.04. The van der Waals surface area contributed by atoms with Gasteiger partial charge in [-0.2, -0.15) is 4.98 Å². The molecule has 0 aliphatic heterocycles. The minimum Gasteiger partial charge on any atom is -0.361 e. The van der Waals surface area contributed by atoms with Crippen molar-refractivity contribution in [2.75, 3.05) is 4.90 Å². The van der Waals surface area contributed by atoms with Crippen molar-refractivity contribution in [3.63, 3.8) is 0 Å². The molecule has 1 heterocycles. The van der Waals surface area contributed by atoms with Crippen molar-refractivity contribution in [1.82, 2.24) is 10.1 Å². The summed E-state index contributed by atoms with van der Waals surface area (Å²) in [6.07, 6.45) is 0. The van der Waals surface area contributed by atoms with Crippen molar-refractivity contribution in [3.05, 3.63) is 41.5 Å². The highest BCUT2D eigenvalue weighted by Crippen LogP contribution is 2.20. The van der Waals surface area contributed by atoms with Gasteiger partial charge in [0.1, 0.15) is 0 Å². The van der Waals surface area contributed by atoms with Gasteiger partial charge in [-0.25, -0.2) is 0 Å². The summed E-state index contributed by atoms with van der Waals surface area (Å²) in [7, 11) is 0. The molecule has 0 aliphatic carbocycles. The number of nitrogens with two attached hydrogens (primary N) is 1. The van der Waals surface area contributed by atoms with Crippen LogP contribution in [0.1, 0.15) is 31.1 Å². The number of halogens is 1. The van der Waals surface area contributed by atoms with E-state index in [1.54, 1.807) is 0 Å². The van der Waals surface area contributed by atoms with Crippen LogP contribution in [0, 0.1) is 6.92 Å². The van der Waals surface area contributed by atoms with Crippen LogP contribution in [0.15, 0.2) is 28.8 Å². The Bertz CT molecular complexity index is 541. The zero-order valence-corrected chi connectivity index (χ0v) is 12.9. The zero-order valence-electron chi connectivity index (χ0n) is 12.0. The highest BCUT2D eigenvalue weighted by atomic mass is 35.5. The summed E-state index contributed by atoms with van der Waals surface area (Å²) in [6, 6.07) is 8.74. The molecular formula is C14H21ClN4O. The van der Waals surface area contributed by atoms with Crippen molar-refractivity contribution >= 4 is 18.1 Å². The van der Waals surface area contributed by atoms with Gasteiger partial charge in [-0.1, -0.05) is 17.3 Å². The van der Waals surface area contributed by atoms with Crippen molar-refractivity contribution in [2.24, 2.45) is 5.73 Å². The van der Waals surface area contributed by atoms with E-state index in [0.717, 1.165) is 5.69 Å². The van der Waals surface area contributed by atoms with Crippen LogP contribution < -0.4 is 10.6 Å². The van der Waals surface area contributed by atoms with Gasteiger partial charge in [0.2, 0.25) is 5.89 Å². The van der Waals surface area contributed by atoms with Gasteiger partial charge in [0.25, 0.3) is 0 Å². The molecule has 0 saturated heterocycles. The molecule has 20 heavy (non-hydrogen) atoms. The SMILES string of the molecule is Cc1cccc(N(Cc2noc(CN)n2)C(C)C)c1.Cl. The predicted octanol–water partition coefficient (Wildman–Crippen LogP) is 2.67. The third-order valence-electron chi connectivity index (χ3n) is 2.95. The van der Waals surface area contributed by atoms with Crippen LogP contribution in [0.2, 0.25) is 0 Å². The summed E-state index contributed by atoms with van der Waals surface area (Å²) in [5.74, 6) is 1.14. The third-order valence-corrected chi connectivity index (χ3v) is 2.95. The second-order valence-electron chi connectivity index (χ2n) is 4.87. The van der Waals surface area contributed by atoms with E-state index in [1.807, 2.05) is 0 Å². The molecule has 110 valence electrons. The van der Waals surface area contributed by atoms with Crippen LogP contribution in [0.25, 0.3) is 0 Å². The monoisotopic (exact) mass is 296 g/mol. The number of rotatable bonds is 5. The van der Waals surface area contributed by atoms with Crippen LogP contribution in [0.4, 0.5) is 5.69 Å². The first-order chi connectivity index (χ1) is 9.10. The van der Waals surface area contributed by atoms with Gasteiger partial charge >= 0.3 is 0 Å². The van der Waals surface area contributed by atoms with E-state index in [-0.39, 0.29) is 19.0 Å². The van der Waals surface area contributed by atoms with Crippen LogP contribution in [0.3, 0.4) is 0 Å². The molecular weight excluding hydrogens is 276 g/mol. The molecule has 0 unspecified atom stereocenters. The number of aryl methyl sites for hydroxylation is 1. The molecule has 1 aromatic heterocycles. The summed E-state index contributed by atoms with van der Waals surface area (Å²) in [5, 5.41) is 3.95. The van der Waals surface area contributed by atoms with Gasteiger partial charge in [-0.3, -0.25) is 0 Å². The van der Waals surface area contributed by atoms with Crippen molar-refractivity contribution < 1.29 is 4.52 Å². The molecule has 0 spiro atoms. The zero-order chi connectivity index (χ0) is 13.8. The smallest absolute Gasteiger partial charge is 0.240 e. The van der Waals surface area contributed by atoms with Crippen molar-refractivity contribution in [2.45, 2.75) is 39.9 Å². The number of benzene rings is 1. The fourth-order valence-electron chi connectivity index (χ4n) is 1.97. The number of hydrogen-bond donors (Lipinski definition) is 1. The molecule has 5 nitrogen and oxygen atoms in total. The van der Waals surface area contributed by atoms with Crippen LogP contribution in [-0.4, -0.2) is 16.2 Å². The molecule has 0 aliphatic rings. The molecule has 0 saturated carbocycles. The lowest BCUT2D eigenvalue weighted by Crippen LogP contribution is -2.30. The summed E-state index contributed by atoms with van der Waals surface area (Å²) in [4.78, 5) is 6.49. The fourth-order valence-corrected chi connectivity index (χ4v) is 1.97. The lowest BCUT2D eigenvalue weighted by atomic mass is 10.2. The molecule has 0 bridgehead atoms. The molecule has 2 rings (SSSR count). The maximum absolute atomic E-state index is 5.47. The standard InChI is InChI=1S/C14H20N4O.ClH/c1-10(2)18(12-6-4-5-11(3)7-12)9-13-16-14(8-15)19-17-13;/h4-7,10H,8-9,15H2,1-3H3;1H. The van der Waals surface area contributed by atoms with Crippen molar-refractivity contribution in [3.8, 4) is 0 Å². The number of aromatic nitrogens is 2.